The maximum absolute atomic E-state index is 5.65. The van der Waals surface area contributed by atoms with Crippen LogP contribution < -0.4 is 15.5 Å². The van der Waals surface area contributed by atoms with Crippen LogP contribution in [0.2, 0.25) is 0 Å². The van der Waals surface area contributed by atoms with E-state index in [1.807, 2.05) is 6.92 Å². The molecule has 31 heavy (non-hydrogen) atoms. The van der Waals surface area contributed by atoms with E-state index in [1.54, 1.807) is 0 Å². The normalized spacial score (nSPS) is 18.8. The van der Waals surface area contributed by atoms with Crippen molar-refractivity contribution in [3.63, 3.8) is 0 Å². The van der Waals surface area contributed by atoms with Gasteiger partial charge in [0.25, 0.3) is 0 Å². The van der Waals surface area contributed by atoms with Gasteiger partial charge in [-0.2, -0.15) is 4.98 Å². The van der Waals surface area contributed by atoms with Crippen molar-refractivity contribution in [1.29, 1.82) is 0 Å². The molecule has 2 aliphatic rings. The van der Waals surface area contributed by atoms with Gasteiger partial charge >= 0.3 is 0 Å². The van der Waals surface area contributed by atoms with Crippen molar-refractivity contribution in [2.75, 3.05) is 29.9 Å². The van der Waals surface area contributed by atoms with Crippen LogP contribution in [0.15, 0.2) is 36.4 Å². The summed E-state index contributed by atoms with van der Waals surface area (Å²) in [6, 6.07) is 13.0. The number of benzene rings is 1. The summed E-state index contributed by atoms with van der Waals surface area (Å²) >= 11 is 5.65. The quantitative estimate of drug-likeness (QED) is 0.615. The zero-order valence-corrected chi connectivity index (χ0v) is 19.5. The van der Waals surface area contributed by atoms with E-state index < -0.39 is 0 Å². The summed E-state index contributed by atoms with van der Waals surface area (Å²) in [4.78, 5) is 11.8. The van der Waals surface area contributed by atoms with Crippen LogP contribution in [0.5, 0.6) is 0 Å². The summed E-state index contributed by atoms with van der Waals surface area (Å²) in [6.45, 7) is 5.00. The van der Waals surface area contributed by atoms with Gasteiger partial charge in [0.1, 0.15) is 5.82 Å². The molecule has 0 atom stereocenters. The lowest BCUT2D eigenvalue weighted by Crippen LogP contribution is -2.43. The predicted octanol–water partition coefficient (Wildman–Crippen LogP) is 5.35. The molecule has 2 N–H and O–H groups in total. The van der Waals surface area contributed by atoms with Crippen LogP contribution in [0.3, 0.4) is 0 Å². The van der Waals surface area contributed by atoms with E-state index in [0.29, 0.717) is 11.1 Å². The Morgan fingerprint density at radius 3 is 2.35 bits per heavy atom. The van der Waals surface area contributed by atoms with Gasteiger partial charge in [0.15, 0.2) is 5.11 Å². The van der Waals surface area contributed by atoms with Gasteiger partial charge in [0.05, 0.1) is 0 Å². The number of hydrogen-bond donors (Lipinski definition) is 2. The van der Waals surface area contributed by atoms with E-state index in [9.17, 15) is 0 Å². The van der Waals surface area contributed by atoms with Crippen LogP contribution in [0.25, 0.3) is 0 Å². The van der Waals surface area contributed by atoms with Crippen molar-refractivity contribution >= 4 is 29.1 Å². The Kier molecular flexibility index (Phi) is 7.38. The molecule has 1 aromatic heterocycles. The molecule has 1 saturated heterocycles. The second kappa shape index (κ2) is 10.4. The standard InChI is InChI=1S/C25H35N5S/c1-20-18-22(30-16-10-2-3-11-17-30)28-23(27-20)29-24(31)26-19-25(14-8-5-9-15-25)21-12-6-4-7-13-21/h4,6-7,12-13,18H,2-3,5,8-11,14-17,19H2,1H3,(H2,26,27,28,29,31). The summed E-state index contributed by atoms with van der Waals surface area (Å²) in [5.41, 5.74) is 2.53. The van der Waals surface area contributed by atoms with Gasteiger partial charge in [-0.15, -0.1) is 0 Å². The molecule has 4 rings (SSSR count). The van der Waals surface area contributed by atoms with Gasteiger partial charge in [-0.3, -0.25) is 0 Å². The smallest absolute Gasteiger partial charge is 0.231 e. The van der Waals surface area contributed by atoms with Crippen LogP contribution in [0.1, 0.15) is 69.0 Å². The average Bonchev–Trinajstić information content (AvgIpc) is 3.08. The molecule has 2 aromatic rings. The molecule has 0 bridgehead atoms. The second-order valence-corrected chi connectivity index (χ2v) is 9.52. The van der Waals surface area contributed by atoms with Crippen molar-refractivity contribution in [3.8, 4) is 0 Å². The summed E-state index contributed by atoms with van der Waals surface area (Å²) in [7, 11) is 0. The number of aryl methyl sites for hydroxylation is 1. The van der Waals surface area contributed by atoms with E-state index >= 15 is 0 Å². The lowest BCUT2D eigenvalue weighted by Gasteiger charge is -2.38. The minimum atomic E-state index is 0.149. The third kappa shape index (κ3) is 5.73. The van der Waals surface area contributed by atoms with E-state index in [2.05, 4.69) is 56.9 Å². The van der Waals surface area contributed by atoms with Crippen LogP contribution in [0.4, 0.5) is 11.8 Å². The SMILES string of the molecule is Cc1cc(N2CCCCCC2)nc(NC(=S)NCC2(c3ccccc3)CCCCC2)n1. The number of rotatable bonds is 5. The molecule has 0 spiro atoms. The van der Waals surface area contributed by atoms with Gasteiger partial charge in [-0.1, -0.05) is 62.4 Å². The van der Waals surface area contributed by atoms with Crippen molar-refractivity contribution in [2.45, 2.75) is 70.1 Å². The number of thiocarbonyl (C=S) groups is 1. The topological polar surface area (TPSA) is 53.1 Å². The summed E-state index contributed by atoms with van der Waals surface area (Å²) in [5.74, 6) is 1.60. The number of hydrogen-bond acceptors (Lipinski definition) is 4. The summed E-state index contributed by atoms with van der Waals surface area (Å²) < 4.78 is 0. The molecule has 1 saturated carbocycles. The maximum atomic E-state index is 5.65. The molecule has 1 aromatic carbocycles. The fourth-order valence-electron chi connectivity index (χ4n) is 5.05. The van der Waals surface area contributed by atoms with E-state index in [4.69, 9.17) is 17.2 Å². The molecule has 1 aliphatic heterocycles. The van der Waals surface area contributed by atoms with E-state index in [1.165, 1.54) is 63.4 Å². The van der Waals surface area contributed by atoms with E-state index in [-0.39, 0.29) is 5.41 Å². The fourth-order valence-corrected chi connectivity index (χ4v) is 5.22. The third-order valence-electron chi connectivity index (χ3n) is 6.78. The lowest BCUT2D eigenvalue weighted by molar-refractivity contribution is 0.292. The minimum Gasteiger partial charge on any atom is -0.361 e. The second-order valence-electron chi connectivity index (χ2n) is 9.11. The number of nitrogens with one attached hydrogen (secondary N) is 2. The first-order valence-corrected chi connectivity index (χ1v) is 12.3. The van der Waals surface area contributed by atoms with Crippen molar-refractivity contribution in [1.82, 2.24) is 15.3 Å². The van der Waals surface area contributed by atoms with Gasteiger partial charge in [-0.05, 0) is 50.4 Å². The Bertz CT molecular complexity index is 855. The molecule has 0 unspecified atom stereocenters. The Morgan fingerprint density at radius 2 is 1.65 bits per heavy atom. The van der Waals surface area contributed by atoms with Gasteiger partial charge in [0, 0.05) is 36.8 Å². The van der Waals surface area contributed by atoms with Crippen molar-refractivity contribution < 1.29 is 0 Å². The number of aromatic nitrogens is 2. The molecule has 0 radical (unpaired) electrons. The van der Waals surface area contributed by atoms with Crippen LogP contribution in [-0.4, -0.2) is 34.7 Å². The molecule has 6 heteroatoms. The monoisotopic (exact) mass is 437 g/mol. The molecule has 2 fully saturated rings. The Morgan fingerprint density at radius 1 is 0.968 bits per heavy atom. The zero-order chi connectivity index (χ0) is 21.5. The molecule has 166 valence electrons. The number of nitrogens with zero attached hydrogens (tertiary/aromatic N) is 3. The first-order chi connectivity index (χ1) is 15.1. The highest BCUT2D eigenvalue weighted by molar-refractivity contribution is 7.80. The zero-order valence-electron chi connectivity index (χ0n) is 18.7. The maximum Gasteiger partial charge on any atom is 0.231 e. The summed E-state index contributed by atoms with van der Waals surface area (Å²) in [6.07, 6.45) is 11.4. The Balaban J connectivity index is 1.42. The molecular formula is C25H35N5S. The highest BCUT2D eigenvalue weighted by atomic mass is 32.1. The lowest BCUT2D eigenvalue weighted by atomic mass is 9.69. The predicted molar refractivity (Wildman–Crippen MR) is 133 cm³/mol. The minimum absolute atomic E-state index is 0.149. The average molecular weight is 438 g/mol. The molecular weight excluding hydrogens is 402 g/mol. The Labute approximate surface area is 192 Å². The molecule has 0 amide bonds. The van der Waals surface area contributed by atoms with Gasteiger partial charge in [-0.25, -0.2) is 4.98 Å². The van der Waals surface area contributed by atoms with Gasteiger partial charge in [0.2, 0.25) is 5.95 Å². The van der Waals surface area contributed by atoms with Crippen LogP contribution in [-0.2, 0) is 5.41 Å². The van der Waals surface area contributed by atoms with E-state index in [0.717, 1.165) is 31.1 Å². The van der Waals surface area contributed by atoms with Crippen molar-refractivity contribution in [2.24, 2.45) is 0 Å². The molecule has 2 heterocycles. The highest BCUT2D eigenvalue weighted by Crippen LogP contribution is 2.38. The van der Waals surface area contributed by atoms with Crippen LogP contribution in [0, 0.1) is 6.92 Å². The molecule has 1 aliphatic carbocycles. The van der Waals surface area contributed by atoms with Crippen LogP contribution >= 0.6 is 12.2 Å². The fraction of sp³-hybridized carbons (Fsp3) is 0.560. The summed E-state index contributed by atoms with van der Waals surface area (Å²) in [5, 5.41) is 7.36. The van der Waals surface area contributed by atoms with Gasteiger partial charge < -0.3 is 15.5 Å². The van der Waals surface area contributed by atoms with Crippen molar-refractivity contribution in [3.05, 3.63) is 47.7 Å². The highest BCUT2D eigenvalue weighted by Gasteiger charge is 2.33. The first kappa shape index (κ1) is 22.0. The number of anilines is 2. The third-order valence-corrected chi connectivity index (χ3v) is 7.03. The molecule has 5 nitrogen and oxygen atoms in total. The largest absolute Gasteiger partial charge is 0.361 e. The Hall–Kier alpha value is -2.21. The first-order valence-electron chi connectivity index (χ1n) is 11.9.